The van der Waals surface area contributed by atoms with E-state index in [1.165, 1.54) is 6.20 Å². The number of carbonyl (C=O) groups excluding carboxylic acids is 1. The molecule has 0 bridgehead atoms. The van der Waals surface area contributed by atoms with Gasteiger partial charge < -0.3 is 14.0 Å². The van der Waals surface area contributed by atoms with Crippen molar-refractivity contribution in [1.29, 1.82) is 0 Å². The zero-order chi connectivity index (χ0) is 35.4. The second-order valence-electron chi connectivity index (χ2n) is 12.2. The van der Waals surface area contributed by atoms with Gasteiger partial charge in [0.15, 0.2) is 9.84 Å². The Morgan fingerprint density at radius 3 is 2.18 bits per heavy atom. The minimum atomic E-state index is -4.32. The molecule has 1 saturated heterocycles. The van der Waals surface area contributed by atoms with E-state index in [1.807, 2.05) is 30.3 Å². The molecule has 13 heteroatoms. The predicted molar refractivity (Wildman–Crippen MR) is 196 cm³/mol. The van der Waals surface area contributed by atoms with E-state index < -0.39 is 31.9 Å². The van der Waals surface area contributed by atoms with Crippen molar-refractivity contribution in [2.24, 2.45) is 0 Å². The number of nitrogens with zero attached hydrogens (tertiary/aromatic N) is 4. The highest BCUT2D eigenvalue weighted by Crippen LogP contribution is 2.28. The van der Waals surface area contributed by atoms with Gasteiger partial charge in [0.1, 0.15) is 11.6 Å². The van der Waals surface area contributed by atoms with Crippen molar-refractivity contribution in [1.82, 2.24) is 20.2 Å². The lowest BCUT2D eigenvalue weighted by Gasteiger charge is -2.37. The molecule has 7 rings (SSSR count). The lowest BCUT2D eigenvalue weighted by molar-refractivity contribution is -0.133. The molecule has 0 unspecified atom stereocenters. The molecule has 1 aliphatic heterocycles. The topological polar surface area (TPSA) is 139 Å². The van der Waals surface area contributed by atoms with Crippen molar-refractivity contribution in [3.63, 3.8) is 0 Å². The summed E-state index contributed by atoms with van der Waals surface area (Å²) in [5.41, 5.74) is 1.64. The van der Waals surface area contributed by atoms with Crippen LogP contribution in [-0.2, 0) is 31.2 Å². The first-order valence-corrected chi connectivity index (χ1v) is 19.5. The molecule has 260 valence electrons. The van der Waals surface area contributed by atoms with Crippen LogP contribution in [0.25, 0.3) is 21.5 Å². The van der Waals surface area contributed by atoms with Gasteiger partial charge in [0.2, 0.25) is 10.9 Å². The number of piperazine rings is 1. The number of anilines is 1. The first-order valence-electron chi connectivity index (χ1n) is 16.4. The van der Waals surface area contributed by atoms with Crippen LogP contribution in [0.1, 0.15) is 5.56 Å². The van der Waals surface area contributed by atoms with Crippen LogP contribution in [0.3, 0.4) is 0 Å². The largest absolute Gasteiger partial charge is 0.378 e. The van der Waals surface area contributed by atoms with E-state index in [2.05, 4.69) is 20.2 Å². The van der Waals surface area contributed by atoms with Crippen LogP contribution in [0, 0.1) is 0 Å². The number of benzene rings is 4. The number of para-hydroxylation sites is 2. The van der Waals surface area contributed by atoms with Gasteiger partial charge in [0.05, 0.1) is 10.9 Å². The highest BCUT2D eigenvalue weighted by atomic mass is 32.2. The minimum Gasteiger partial charge on any atom is -0.378 e. The van der Waals surface area contributed by atoms with Crippen molar-refractivity contribution < 1.29 is 25.8 Å². The first kappa shape index (κ1) is 34.1. The summed E-state index contributed by atoms with van der Waals surface area (Å²) in [6.07, 6.45) is 4.63. The summed E-state index contributed by atoms with van der Waals surface area (Å²) < 4.78 is 59.8. The van der Waals surface area contributed by atoms with Gasteiger partial charge in [-0.3, -0.25) is 15.1 Å². The van der Waals surface area contributed by atoms with E-state index in [0.717, 1.165) is 5.69 Å². The van der Waals surface area contributed by atoms with Crippen molar-refractivity contribution in [3.8, 4) is 5.75 Å². The van der Waals surface area contributed by atoms with Gasteiger partial charge in [-0.2, -0.15) is 8.42 Å². The quantitative estimate of drug-likeness (QED) is 0.185. The van der Waals surface area contributed by atoms with Gasteiger partial charge in [-0.15, -0.1) is 0 Å². The first-order chi connectivity index (χ1) is 24.7. The molecule has 1 fully saturated rings. The van der Waals surface area contributed by atoms with Gasteiger partial charge in [0, 0.05) is 66.6 Å². The zero-order valence-corrected chi connectivity index (χ0v) is 29.1. The van der Waals surface area contributed by atoms with Gasteiger partial charge in [-0.1, -0.05) is 72.8 Å². The molecule has 51 heavy (non-hydrogen) atoms. The second-order valence-corrected chi connectivity index (χ2v) is 15.6. The number of hydrogen-bond donors (Lipinski definition) is 1. The van der Waals surface area contributed by atoms with E-state index in [0.29, 0.717) is 53.3 Å². The molecule has 1 N–H and O–H groups in total. The van der Waals surface area contributed by atoms with E-state index in [9.17, 15) is 21.6 Å². The Balaban J connectivity index is 1.19. The molecule has 2 aromatic heterocycles. The third-order valence-corrected chi connectivity index (χ3v) is 11.7. The SMILES string of the molecule is O=C([C@H](Cc1cnc(S(=O)(=O)Oc2ccccc2)c2ccccc12)NCS(=O)(=O)c1cccc2cnccc12)N1CCN(c2ccccc2)CC1. The molecule has 0 aliphatic carbocycles. The molecule has 0 radical (unpaired) electrons. The smallest absolute Gasteiger partial charge is 0.357 e. The summed E-state index contributed by atoms with van der Waals surface area (Å²) in [6.45, 7) is 2.12. The van der Waals surface area contributed by atoms with Gasteiger partial charge in [-0.25, -0.2) is 13.4 Å². The number of rotatable bonds is 11. The molecule has 3 heterocycles. The summed E-state index contributed by atoms with van der Waals surface area (Å²) in [4.78, 5) is 26.8. The summed E-state index contributed by atoms with van der Waals surface area (Å²) in [6, 6.07) is 30.7. The average Bonchev–Trinajstić information content (AvgIpc) is 3.16. The van der Waals surface area contributed by atoms with Crippen LogP contribution in [0.15, 0.2) is 138 Å². The van der Waals surface area contributed by atoms with Crippen LogP contribution in [0.2, 0.25) is 0 Å². The standard InChI is InChI=1S/C38H35N5O6S2/c44-38(43-22-20-42(21-23-43)30-11-3-1-4-12-30)35(41-27-50(45,46)36-17-9-10-28-25-39-19-18-33(28)36)24-29-26-40-37(34-16-8-7-15-32(29)34)51(47,48)49-31-13-5-2-6-14-31/h1-19,25-26,35,41H,20-24,27H2/t35-/m0/s1. The highest BCUT2D eigenvalue weighted by Gasteiger charge is 2.31. The number of nitrogens with one attached hydrogen (secondary N) is 1. The zero-order valence-electron chi connectivity index (χ0n) is 27.5. The lowest BCUT2D eigenvalue weighted by Crippen LogP contribution is -2.55. The Hall–Kier alpha value is -5.37. The maximum absolute atomic E-state index is 14.3. The Labute approximate surface area is 296 Å². The van der Waals surface area contributed by atoms with E-state index in [-0.39, 0.29) is 28.0 Å². The molecule has 0 spiro atoms. The van der Waals surface area contributed by atoms with Crippen LogP contribution in [-0.4, -0.2) is 75.7 Å². The number of pyridine rings is 2. The minimum absolute atomic E-state index is 0.0556. The Morgan fingerprint density at radius 2 is 1.43 bits per heavy atom. The summed E-state index contributed by atoms with van der Waals surface area (Å²) >= 11 is 0. The van der Waals surface area contributed by atoms with Crippen molar-refractivity contribution in [2.75, 3.05) is 37.0 Å². The molecule has 6 aromatic rings. The summed E-state index contributed by atoms with van der Waals surface area (Å²) in [7, 11) is -8.23. The van der Waals surface area contributed by atoms with Crippen LogP contribution >= 0.6 is 0 Å². The average molecular weight is 722 g/mol. The summed E-state index contributed by atoms with van der Waals surface area (Å²) in [5, 5.41) is 4.92. The Kier molecular flexibility index (Phi) is 9.67. The number of amides is 1. The number of carbonyl (C=O) groups is 1. The van der Waals surface area contributed by atoms with Crippen molar-refractivity contribution in [3.05, 3.63) is 133 Å². The molecule has 0 saturated carbocycles. The van der Waals surface area contributed by atoms with Crippen molar-refractivity contribution in [2.45, 2.75) is 22.4 Å². The van der Waals surface area contributed by atoms with E-state index >= 15 is 0 Å². The molecule has 1 aliphatic rings. The summed E-state index contributed by atoms with van der Waals surface area (Å²) in [5.74, 6) is -0.607. The van der Waals surface area contributed by atoms with Gasteiger partial charge in [0.25, 0.3) is 0 Å². The second kappa shape index (κ2) is 14.5. The van der Waals surface area contributed by atoms with E-state index in [1.54, 1.807) is 96.2 Å². The van der Waals surface area contributed by atoms with Crippen LogP contribution in [0.5, 0.6) is 5.75 Å². The third kappa shape index (κ3) is 7.41. The predicted octanol–water partition coefficient (Wildman–Crippen LogP) is 4.83. The maximum Gasteiger partial charge on any atom is 0.357 e. The lowest BCUT2D eigenvalue weighted by atomic mass is 10.0. The third-order valence-electron chi connectivity index (χ3n) is 8.96. The molecule has 4 aromatic carbocycles. The van der Waals surface area contributed by atoms with Crippen LogP contribution < -0.4 is 14.4 Å². The monoisotopic (exact) mass is 721 g/mol. The van der Waals surface area contributed by atoms with Gasteiger partial charge in [-0.05, 0) is 53.8 Å². The maximum atomic E-state index is 14.3. The Morgan fingerprint density at radius 1 is 0.745 bits per heavy atom. The van der Waals surface area contributed by atoms with Gasteiger partial charge >= 0.3 is 10.1 Å². The fourth-order valence-corrected chi connectivity index (χ4v) is 8.85. The number of fused-ring (bicyclic) bond motifs is 2. The number of hydrogen-bond acceptors (Lipinski definition) is 10. The molecule has 11 nitrogen and oxygen atoms in total. The molecule has 1 amide bonds. The van der Waals surface area contributed by atoms with E-state index in [4.69, 9.17) is 4.18 Å². The van der Waals surface area contributed by atoms with Crippen LogP contribution in [0.4, 0.5) is 5.69 Å². The fraction of sp³-hybridized carbons (Fsp3) is 0.184. The molecule has 1 atom stereocenters. The number of sulfone groups is 1. The number of aromatic nitrogens is 2. The van der Waals surface area contributed by atoms with Crippen molar-refractivity contribution >= 4 is 53.1 Å². The molecular formula is C38H35N5O6S2. The highest BCUT2D eigenvalue weighted by molar-refractivity contribution is 7.91. The molecular weight excluding hydrogens is 687 g/mol. The Bertz CT molecular complexity index is 2400. The normalized spacial score (nSPS) is 14.4. The fourth-order valence-electron chi connectivity index (χ4n) is 6.39.